The van der Waals surface area contributed by atoms with Crippen LogP contribution in [0.5, 0.6) is 0 Å². The number of carbonyl (C=O) groups excluding carboxylic acids is 2. The normalized spacial score (nSPS) is 12.1. The van der Waals surface area contributed by atoms with Crippen LogP contribution in [0.15, 0.2) is 97.6 Å². The maximum Gasteiger partial charge on any atom is 2.00 e. The Hall–Kier alpha value is -3.51. The molecular weight excluding hydrogens is 801 g/mol. The van der Waals surface area contributed by atoms with E-state index >= 15 is 0 Å². The number of pyridine rings is 4. The topological polar surface area (TPSA) is 319 Å². The fourth-order valence-electron chi connectivity index (χ4n) is 3.82. The van der Waals surface area contributed by atoms with Crippen molar-refractivity contribution in [3.8, 4) is 0 Å². The second kappa shape index (κ2) is 23.1. The number of carbonyl (C=O) groups is 2. The summed E-state index contributed by atoms with van der Waals surface area (Å²) in [5.74, 6) is -2.97. The van der Waals surface area contributed by atoms with E-state index in [1.54, 1.807) is 24.8 Å². The van der Waals surface area contributed by atoms with Gasteiger partial charge in [0.1, 0.15) is 15.2 Å². The van der Waals surface area contributed by atoms with Crippen LogP contribution in [0.2, 0.25) is 0 Å². The van der Waals surface area contributed by atoms with Crippen LogP contribution in [0.3, 0.4) is 0 Å². The largest absolute Gasteiger partial charge is 2.00 e. The van der Waals surface area contributed by atoms with Gasteiger partial charge in [-0.05, 0) is 37.1 Å². The van der Waals surface area contributed by atoms with E-state index < -0.39 is 52.3 Å². The van der Waals surface area contributed by atoms with Crippen molar-refractivity contribution in [2.24, 2.45) is 0 Å². The maximum absolute atomic E-state index is 9.83. The number of carboxylic acids is 2. The second-order valence-electron chi connectivity index (χ2n) is 9.40. The summed E-state index contributed by atoms with van der Waals surface area (Å²) in [5, 5.41) is 23.7. The number of fused-ring (bicyclic) bond motifs is 6. The number of rotatable bonds is 6. The summed E-state index contributed by atoms with van der Waals surface area (Å²) < 4.78 is 19.7. The molecule has 6 aromatic rings. The number of carboxylic acid groups (broad SMARTS) is 2. The summed E-state index contributed by atoms with van der Waals surface area (Å²) in [7, 11) is -8.78. The Bertz CT molecular complexity index is 1810. The van der Waals surface area contributed by atoms with Gasteiger partial charge in [0.2, 0.25) is 0 Å². The van der Waals surface area contributed by atoms with E-state index in [4.69, 9.17) is 9.79 Å². The molecule has 0 radical (unpaired) electrons. The summed E-state index contributed by atoms with van der Waals surface area (Å²) in [6, 6.07) is 24.3. The van der Waals surface area contributed by atoms with Crippen LogP contribution in [0.1, 0.15) is 12.8 Å². The van der Waals surface area contributed by atoms with Crippen LogP contribution in [0.4, 0.5) is 0 Å². The number of nitrogens with zero attached hydrogens (tertiary/aromatic N) is 4. The van der Waals surface area contributed by atoms with Crippen molar-refractivity contribution in [3.05, 3.63) is 97.6 Å². The van der Waals surface area contributed by atoms with E-state index in [0.717, 1.165) is 43.6 Å². The zero-order valence-corrected chi connectivity index (χ0v) is 34.2. The molecule has 2 aromatic carbocycles. The maximum atomic E-state index is 9.83. The Morgan fingerprint density at radius 2 is 0.740 bits per heavy atom. The van der Waals surface area contributed by atoms with Crippen LogP contribution in [0.25, 0.3) is 43.6 Å². The van der Waals surface area contributed by atoms with Crippen molar-refractivity contribution in [3.63, 3.8) is 0 Å². The summed E-state index contributed by atoms with van der Waals surface area (Å²) >= 11 is 0. The van der Waals surface area contributed by atoms with Crippen LogP contribution < -0.4 is 20.0 Å². The predicted molar refractivity (Wildman–Crippen MR) is 172 cm³/mol. The minimum absolute atomic E-state index is 0. The van der Waals surface area contributed by atoms with Crippen LogP contribution in [0, 0.1) is 0 Å². The molecule has 16 nitrogen and oxygen atoms in total. The van der Waals surface area contributed by atoms with Crippen molar-refractivity contribution < 1.29 is 98.4 Å². The van der Waals surface area contributed by atoms with Gasteiger partial charge in [-0.2, -0.15) is 0 Å². The number of hydrogen-bond donors (Lipinski definition) is 2. The van der Waals surface area contributed by atoms with Gasteiger partial charge in [0, 0.05) is 70.6 Å². The first-order valence-electron chi connectivity index (χ1n) is 13.4. The van der Waals surface area contributed by atoms with E-state index in [1.807, 2.05) is 24.3 Å². The minimum Gasteiger partial charge on any atom is -0.779 e. The number of hydrogen-bond acceptors (Lipinski definition) is 12. The average molecular weight is 833 g/mol. The monoisotopic (exact) mass is 830 g/mol. The van der Waals surface area contributed by atoms with E-state index in [1.165, 1.54) is 0 Å². The third-order valence-corrected chi connectivity index (χ3v) is 7.46. The molecule has 0 aliphatic heterocycles. The molecular formula is C30H32N4O12P2Zn2+2. The zero-order valence-electron chi connectivity index (χ0n) is 26.5. The molecule has 20 heteroatoms. The molecule has 0 fully saturated rings. The molecule has 2 unspecified atom stereocenters. The van der Waals surface area contributed by atoms with Gasteiger partial charge in [-0.3, -0.25) is 19.9 Å². The molecule has 0 spiro atoms. The van der Waals surface area contributed by atoms with Gasteiger partial charge < -0.3 is 59.5 Å². The van der Waals surface area contributed by atoms with Gasteiger partial charge in [0.15, 0.2) is 0 Å². The first-order valence-corrected chi connectivity index (χ1v) is 16.9. The second-order valence-corrected chi connectivity index (χ2v) is 12.8. The van der Waals surface area contributed by atoms with Crippen molar-refractivity contribution in [1.82, 2.24) is 19.9 Å². The first-order chi connectivity index (χ1) is 21.7. The predicted octanol–water partition coefficient (Wildman–Crippen LogP) is -0.939. The van der Waals surface area contributed by atoms with Gasteiger partial charge in [-0.15, -0.1) is 0 Å². The Morgan fingerprint density at radius 1 is 0.520 bits per heavy atom. The van der Waals surface area contributed by atoms with Crippen LogP contribution in [-0.2, 0) is 68.6 Å². The van der Waals surface area contributed by atoms with E-state index in [9.17, 15) is 38.7 Å². The molecule has 4 heterocycles. The fourth-order valence-corrected chi connectivity index (χ4v) is 4.75. The Kier molecular flexibility index (Phi) is 22.4. The molecule has 4 aromatic heterocycles. The van der Waals surface area contributed by atoms with Gasteiger partial charge >= 0.3 is 39.0 Å². The van der Waals surface area contributed by atoms with Crippen molar-refractivity contribution in [2.75, 3.05) is 12.3 Å². The molecule has 0 aliphatic carbocycles. The molecule has 0 amide bonds. The Morgan fingerprint density at radius 3 is 0.900 bits per heavy atom. The smallest absolute Gasteiger partial charge is 0.779 e. The molecule has 0 saturated carbocycles. The minimum atomic E-state index is -4.39. The molecule has 2 atom stereocenters. The third kappa shape index (κ3) is 16.9. The van der Waals surface area contributed by atoms with Crippen molar-refractivity contribution in [2.45, 2.75) is 12.8 Å². The summed E-state index contributed by atoms with van der Waals surface area (Å²) in [4.78, 5) is 72.1. The van der Waals surface area contributed by atoms with E-state index in [-0.39, 0.29) is 49.9 Å². The van der Waals surface area contributed by atoms with E-state index in [0.29, 0.717) is 0 Å². The van der Waals surface area contributed by atoms with Gasteiger partial charge in [-0.25, -0.2) is 0 Å². The van der Waals surface area contributed by atoms with Crippen molar-refractivity contribution in [1.29, 1.82) is 0 Å². The van der Waals surface area contributed by atoms with Crippen molar-refractivity contribution >= 4 is 70.7 Å². The molecule has 0 bridgehead atoms. The molecule has 0 aliphatic rings. The average Bonchev–Trinajstić information content (AvgIpc) is 3.03. The van der Waals surface area contributed by atoms with Gasteiger partial charge in [-0.1, -0.05) is 48.5 Å². The molecule has 0 saturated heterocycles. The first kappa shape index (κ1) is 48.6. The SMILES string of the molecule is O=C([O-])CCP(=O)([O-])O.O=C([O-])CCP(=O)([O-])O.[OH3+].[OH3+].[Zn+2].[Zn+2].c1cnc2c(c1)ccc1cccnc12.c1cnc2c(c1)ccc1cccnc12. The molecule has 8 N–H and O–H groups in total. The van der Waals surface area contributed by atoms with Gasteiger partial charge in [0.25, 0.3) is 0 Å². The van der Waals surface area contributed by atoms with Crippen LogP contribution in [-0.4, -0.2) is 54.0 Å². The third-order valence-electron chi connectivity index (χ3n) is 5.89. The number of aliphatic carboxylic acids is 2. The summed E-state index contributed by atoms with van der Waals surface area (Å²) in [6.45, 7) is 0. The van der Waals surface area contributed by atoms with E-state index in [2.05, 4.69) is 68.5 Å². The number of aromatic nitrogens is 4. The standard InChI is InChI=1S/2C12H8N2.2C3H7O5P.2H2O.2Zn/c2*1-3-9-5-6-10-4-2-8-14-12(10)11(9)13-7-1;2*4-3(5)1-2-9(6,7)8;;;;/h2*1-8H;2*1-2H2,(H,4,5)(H2,6,7,8);2*1H2;;/q;;;;;;2*+2/p-2. The molecule has 256 valence electrons. The quantitative estimate of drug-likeness (QED) is 0.0886. The Labute approximate surface area is 310 Å². The molecule has 50 heavy (non-hydrogen) atoms. The fraction of sp³-hybridized carbons (Fsp3) is 0.133. The van der Waals surface area contributed by atoms with Crippen LogP contribution >= 0.6 is 15.2 Å². The summed E-state index contributed by atoms with van der Waals surface area (Å²) in [5.41, 5.74) is 3.91. The van der Waals surface area contributed by atoms with Gasteiger partial charge in [0.05, 0.1) is 22.1 Å². The molecule has 6 rings (SSSR count). The Balaban J connectivity index is 0. The zero-order chi connectivity index (χ0) is 33.7. The summed E-state index contributed by atoms with van der Waals surface area (Å²) in [6.07, 6.45) is 4.39. The number of benzene rings is 2.